The summed E-state index contributed by atoms with van der Waals surface area (Å²) in [6, 6.07) is 0. The van der Waals surface area contributed by atoms with E-state index in [0.717, 1.165) is 103 Å². The summed E-state index contributed by atoms with van der Waals surface area (Å²) in [6.45, 7) is 7.72. The van der Waals surface area contributed by atoms with E-state index < -0.39 is 5.97 Å². The van der Waals surface area contributed by atoms with Crippen molar-refractivity contribution < 1.29 is 91.6 Å². The lowest BCUT2D eigenvalue weighted by Crippen LogP contribution is -1.92. The Morgan fingerprint density at radius 2 is 0.333 bits per heavy atom. The maximum Gasteiger partial charge on any atom is 0.330 e. The first-order valence-corrected chi connectivity index (χ1v) is 18.6. The smallest absolute Gasteiger partial charge is 0.330 e. The van der Waals surface area contributed by atoms with Gasteiger partial charge in [-0.05, 0) is 110 Å². The summed E-state index contributed by atoms with van der Waals surface area (Å²) in [6.07, 6.45) is 11.5. The number of aliphatic hydroxyl groups is 16. The van der Waals surface area contributed by atoms with E-state index in [4.69, 9.17) is 86.8 Å². The van der Waals surface area contributed by atoms with Gasteiger partial charge in [-0.25, -0.2) is 4.79 Å². The number of unbranched alkanes of at least 4 members (excludes halogenated alkanes) is 8. The van der Waals surface area contributed by atoms with Crippen LogP contribution in [0.1, 0.15) is 110 Å². The van der Waals surface area contributed by atoms with Crippen molar-refractivity contribution in [3.05, 3.63) is 12.2 Å². The summed E-state index contributed by atoms with van der Waals surface area (Å²) >= 11 is 0. The fraction of sp³-hybridized carbons (Fsp3) is 0.917. The summed E-state index contributed by atoms with van der Waals surface area (Å²) in [5.41, 5.74) is 0.176. The molecule has 0 amide bonds. The molecule has 0 aromatic rings. The molecule has 18 nitrogen and oxygen atoms in total. The highest BCUT2D eigenvalue weighted by Gasteiger charge is 1.90. The Bertz CT molecular complexity index is 382. The topological polar surface area (TPSA) is 361 Å². The average Bonchev–Trinajstić information content (AvgIpc) is 3.19. The zero-order valence-corrected chi connectivity index (χ0v) is 33.3. The van der Waals surface area contributed by atoms with Crippen molar-refractivity contribution in [2.75, 3.05) is 106 Å². The second kappa shape index (κ2) is 98.6. The highest BCUT2D eigenvalue weighted by Crippen LogP contribution is 1.84. The summed E-state index contributed by atoms with van der Waals surface area (Å²) in [4.78, 5) is 9.60. The van der Waals surface area contributed by atoms with Crippen LogP contribution in [0.5, 0.6) is 0 Å². The molecule has 0 radical (unpaired) electrons. The molecular formula is C36H86O18. The predicted molar refractivity (Wildman–Crippen MR) is 210 cm³/mol. The Morgan fingerprint density at radius 1 is 0.278 bits per heavy atom. The first kappa shape index (κ1) is 73.6. The van der Waals surface area contributed by atoms with Gasteiger partial charge in [0.1, 0.15) is 0 Å². The van der Waals surface area contributed by atoms with Gasteiger partial charge in [0.15, 0.2) is 0 Å². The standard InChI is InChI=1S/C4H6O2.8C4H10O2/c1-3(2)4(5)6;8*5-3-1-2-4-6/h1H2,2H3,(H,5,6);8*5-6H,1-4H2. The quantitative estimate of drug-likeness (QED) is 0.0375. The summed E-state index contributed by atoms with van der Waals surface area (Å²) in [7, 11) is 0. The second-order valence-electron chi connectivity index (χ2n) is 10.3. The maximum atomic E-state index is 9.60. The van der Waals surface area contributed by atoms with Crippen LogP contribution in [0.3, 0.4) is 0 Å². The van der Waals surface area contributed by atoms with Crippen molar-refractivity contribution in [1.29, 1.82) is 0 Å². The molecule has 0 bridgehead atoms. The van der Waals surface area contributed by atoms with Crippen LogP contribution in [0, 0.1) is 0 Å². The number of hydrogen-bond donors (Lipinski definition) is 17. The molecule has 0 unspecified atom stereocenters. The first-order chi connectivity index (χ1) is 26.0. The maximum absolute atomic E-state index is 9.60. The molecule has 0 saturated carbocycles. The molecule has 0 spiro atoms. The first-order valence-electron chi connectivity index (χ1n) is 18.6. The molecule has 0 fully saturated rings. The number of hydrogen-bond acceptors (Lipinski definition) is 17. The van der Waals surface area contributed by atoms with Gasteiger partial charge >= 0.3 is 5.97 Å². The lowest BCUT2D eigenvalue weighted by molar-refractivity contribution is -0.132. The van der Waals surface area contributed by atoms with Crippen molar-refractivity contribution in [1.82, 2.24) is 0 Å². The molecule has 0 aromatic carbocycles. The Kier molecular flexibility index (Phi) is 134. The van der Waals surface area contributed by atoms with E-state index in [1.807, 2.05) is 0 Å². The Labute approximate surface area is 325 Å². The molecule has 0 atom stereocenters. The third-order valence-electron chi connectivity index (χ3n) is 4.89. The molecule has 338 valence electrons. The van der Waals surface area contributed by atoms with E-state index in [9.17, 15) is 4.79 Å². The van der Waals surface area contributed by atoms with Gasteiger partial charge in [-0.2, -0.15) is 0 Å². The van der Waals surface area contributed by atoms with Crippen LogP contribution in [0.2, 0.25) is 0 Å². The minimum absolute atomic E-state index is 0.176. The van der Waals surface area contributed by atoms with E-state index >= 15 is 0 Å². The Balaban J connectivity index is -0.0000000603. The SMILES string of the molecule is C=C(C)C(=O)O.OCCCCO.OCCCCO.OCCCCO.OCCCCO.OCCCCO.OCCCCO.OCCCCO.OCCCCO. The van der Waals surface area contributed by atoms with Gasteiger partial charge in [0.2, 0.25) is 0 Å². The number of rotatable bonds is 25. The Morgan fingerprint density at radius 3 is 0.352 bits per heavy atom. The summed E-state index contributed by atoms with van der Waals surface area (Å²) in [5.74, 6) is -0.935. The van der Waals surface area contributed by atoms with E-state index in [2.05, 4.69) is 6.58 Å². The molecule has 54 heavy (non-hydrogen) atoms. The molecule has 0 aliphatic heterocycles. The predicted octanol–water partition coefficient (Wildman–Crippen LogP) is -1.34. The van der Waals surface area contributed by atoms with Gasteiger partial charge in [0.05, 0.1) is 0 Å². The van der Waals surface area contributed by atoms with E-state index in [0.29, 0.717) is 0 Å². The number of aliphatic carboxylic acids is 1. The molecule has 0 aromatic heterocycles. The van der Waals surface area contributed by atoms with Gasteiger partial charge in [-0.3, -0.25) is 0 Å². The van der Waals surface area contributed by atoms with Crippen LogP contribution in [0.15, 0.2) is 12.2 Å². The van der Waals surface area contributed by atoms with Crippen LogP contribution in [-0.2, 0) is 4.79 Å². The van der Waals surface area contributed by atoms with Crippen molar-refractivity contribution in [3.63, 3.8) is 0 Å². The number of carboxylic acid groups (broad SMARTS) is 1. The van der Waals surface area contributed by atoms with Gasteiger partial charge < -0.3 is 86.8 Å². The van der Waals surface area contributed by atoms with Crippen molar-refractivity contribution in [3.8, 4) is 0 Å². The van der Waals surface area contributed by atoms with Gasteiger partial charge in [0.25, 0.3) is 0 Å². The minimum Gasteiger partial charge on any atom is -0.478 e. The number of carbonyl (C=O) groups is 1. The van der Waals surface area contributed by atoms with Crippen LogP contribution in [0.4, 0.5) is 0 Å². The molecule has 17 N–H and O–H groups in total. The third-order valence-corrected chi connectivity index (χ3v) is 4.89. The monoisotopic (exact) mass is 807 g/mol. The molecule has 18 heteroatoms. The fourth-order valence-corrected chi connectivity index (χ4v) is 1.79. The zero-order chi connectivity index (χ0) is 43.8. The number of carboxylic acids is 1. The highest BCUT2D eigenvalue weighted by atomic mass is 16.4. The van der Waals surface area contributed by atoms with Crippen LogP contribution in [-0.4, -0.2) is 198 Å². The molecule has 0 aliphatic rings. The van der Waals surface area contributed by atoms with Gasteiger partial charge in [0, 0.05) is 111 Å². The number of aliphatic hydroxyl groups excluding tert-OH is 16. The minimum atomic E-state index is -0.935. The average molecular weight is 807 g/mol. The van der Waals surface area contributed by atoms with E-state index in [1.165, 1.54) is 6.92 Å². The Hall–Kier alpha value is -1.43. The molecule has 0 rings (SSSR count). The van der Waals surface area contributed by atoms with Gasteiger partial charge in [-0.1, -0.05) is 6.58 Å². The van der Waals surface area contributed by atoms with Crippen LogP contribution < -0.4 is 0 Å². The largest absolute Gasteiger partial charge is 0.478 e. The summed E-state index contributed by atoms with van der Waals surface area (Å²) < 4.78 is 0. The van der Waals surface area contributed by atoms with Gasteiger partial charge in [-0.15, -0.1) is 0 Å². The van der Waals surface area contributed by atoms with Crippen LogP contribution >= 0.6 is 0 Å². The lowest BCUT2D eigenvalue weighted by atomic mass is 10.3. The summed E-state index contributed by atoms with van der Waals surface area (Å²) in [5, 5.41) is 137. The molecule has 0 saturated heterocycles. The van der Waals surface area contributed by atoms with Crippen LogP contribution in [0.25, 0.3) is 0 Å². The lowest BCUT2D eigenvalue weighted by Gasteiger charge is -1.85. The third kappa shape index (κ3) is 176. The van der Waals surface area contributed by atoms with E-state index in [-0.39, 0.29) is 111 Å². The molecular weight excluding hydrogens is 720 g/mol. The highest BCUT2D eigenvalue weighted by molar-refractivity contribution is 5.84. The zero-order valence-electron chi connectivity index (χ0n) is 33.3. The van der Waals surface area contributed by atoms with Crippen molar-refractivity contribution >= 4 is 5.97 Å². The van der Waals surface area contributed by atoms with Crippen molar-refractivity contribution in [2.45, 2.75) is 110 Å². The second-order valence-corrected chi connectivity index (χ2v) is 10.3. The van der Waals surface area contributed by atoms with Crippen molar-refractivity contribution in [2.24, 2.45) is 0 Å². The normalized spacial score (nSPS) is 8.83. The van der Waals surface area contributed by atoms with E-state index in [1.54, 1.807) is 0 Å². The fourth-order valence-electron chi connectivity index (χ4n) is 1.79. The molecule has 0 heterocycles. The molecule has 0 aliphatic carbocycles.